The summed E-state index contributed by atoms with van der Waals surface area (Å²) < 4.78 is 26.9. The highest BCUT2D eigenvalue weighted by Gasteiger charge is 2.34. The number of hydrogen-bond acceptors (Lipinski definition) is 4. The van der Waals surface area contributed by atoms with Gasteiger partial charge in [-0.05, 0) is 12.8 Å². The van der Waals surface area contributed by atoms with Crippen LogP contribution in [-0.4, -0.2) is 29.3 Å². The van der Waals surface area contributed by atoms with Crippen LogP contribution in [0.1, 0.15) is 25.7 Å². The fraction of sp³-hybridized carbons (Fsp3) is 0.583. The average molecular weight is 257 g/mol. The topological polar surface area (TPSA) is 57.2 Å². The first-order valence-corrected chi connectivity index (χ1v) is 6.03. The number of anilines is 2. The molecule has 1 aromatic heterocycles. The van der Waals surface area contributed by atoms with E-state index in [1.165, 1.54) is 7.05 Å². The molecule has 0 radical (unpaired) electrons. The van der Waals surface area contributed by atoms with Crippen LogP contribution in [0.3, 0.4) is 0 Å². The summed E-state index contributed by atoms with van der Waals surface area (Å²) in [4.78, 5) is 3.86. The van der Waals surface area contributed by atoms with Crippen molar-refractivity contribution in [2.45, 2.75) is 31.2 Å². The Balaban J connectivity index is 2.27. The molecule has 1 aliphatic carbocycles. The fourth-order valence-corrected chi connectivity index (χ4v) is 2.36. The van der Waals surface area contributed by atoms with E-state index in [2.05, 4.69) is 15.6 Å². The molecule has 1 saturated carbocycles. The molecule has 6 heteroatoms. The Morgan fingerprint density at radius 3 is 2.44 bits per heavy atom. The smallest absolute Gasteiger partial charge is 0.168 e. The van der Waals surface area contributed by atoms with Crippen molar-refractivity contribution in [3.05, 3.63) is 17.7 Å². The van der Waals surface area contributed by atoms with Crippen LogP contribution in [-0.2, 0) is 0 Å². The number of pyridine rings is 1. The largest absolute Gasteiger partial charge is 0.394 e. The lowest BCUT2D eigenvalue weighted by atomic mass is 9.99. The summed E-state index contributed by atoms with van der Waals surface area (Å²) in [5, 5.41) is 14.9. The molecule has 0 spiro atoms. The molecule has 1 heterocycles. The van der Waals surface area contributed by atoms with E-state index in [0.717, 1.165) is 31.7 Å². The highest BCUT2D eigenvalue weighted by atomic mass is 19.1. The molecular weight excluding hydrogens is 240 g/mol. The second kappa shape index (κ2) is 5.06. The minimum Gasteiger partial charge on any atom is -0.394 e. The van der Waals surface area contributed by atoms with Crippen LogP contribution in [0.15, 0.2) is 6.07 Å². The van der Waals surface area contributed by atoms with E-state index in [1.807, 2.05) is 0 Å². The summed E-state index contributed by atoms with van der Waals surface area (Å²) in [5.41, 5.74) is -0.531. The molecule has 100 valence electrons. The number of nitrogens with one attached hydrogen (secondary N) is 2. The summed E-state index contributed by atoms with van der Waals surface area (Å²) in [7, 11) is 1.52. The second-order valence-corrected chi connectivity index (χ2v) is 4.67. The molecule has 4 nitrogen and oxygen atoms in total. The highest BCUT2D eigenvalue weighted by molar-refractivity contribution is 5.48. The molecule has 1 aromatic rings. The van der Waals surface area contributed by atoms with Gasteiger partial charge in [-0.2, -0.15) is 0 Å². The van der Waals surface area contributed by atoms with Gasteiger partial charge in [0.15, 0.2) is 23.3 Å². The molecule has 2 rings (SSSR count). The first-order chi connectivity index (χ1) is 8.60. The number of aliphatic hydroxyl groups is 1. The summed E-state index contributed by atoms with van der Waals surface area (Å²) in [6.45, 7) is -0.0830. The summed E-state index contributed by atoms with van der Waals surface area (Å²) in [6.07, 6.45) is 3.48. The Morgan fingerprint density at radius 2 is 1.89 bits per heavy atom. The van der Waals surface area contributed by atoms with E-state index < -0.39 is 17.2 Å². The lowest BCUT2D eigenvalue weighted by molar-refractivity contribution is 0.213. The van der Waals surface area contributed by atoms with Crippen molar-refractivity contribution in [3.8, 4) is 0 Å². The number of rotatable bonds is 4. The van der Waals surface area contributed by atoms with Crippen molar-refractivity contribution in [1.29, 1.82) is 0 Å². The third-order valence-corrected chi connectivity index (χ3v) is 3.41. The number of hydrogen-bond donors (Lipinski definition) is 3. The Labute approximate surface area is 104 Å². The fourth-order valence-electron chi connectivity index (χ4n) is 2.36. The van der Waals surface area contributed by atoms with Gasteiger partial charge in [0, 0.05) is 13.1 Å². The standard InChI is InChI=1S/C12H17F2N3O/c1-15-10-8(13)6-9(14)11(16-10)17-12(7-18)4-2-3-5-12/h6,18H,2-5,7H2,1H3,(H2,15,16,17). The van der Waals surface area contributed by atoms with Crippen molar-refractivity contribution in [3.63, 3.8) is 0 Å². The number of aromatic nitrogens is 1. The molecule has 3 N–H and O–H groups in total. The van der Waals surface area contributed by atoms with E-state index in [4.69, 9.17) is 0 Å². The summed E-state index contributed by atoms with van der Waals surface area (Å²) >= 11 is 0. The predicted octanol–water partition coefficient (Wildman–Crippen LogP) is 2.12. The van der Waals surface area contributed by atoms with Crippen molar-refractivity contribution < 1.29 is 13.9 Å². The van der Waals surface area contributed by atoms with Gasteiger partial charge < -0.3 is 15.7 Å². The van der Waals surface area contributed by atoms with Crippen molar-refractivity contribution in [2.24, 2.45) is 0 Å². The first kappa shape index (κ1) is 13.0. The SMILES string of the molecule is CNc1nc(NC2(CO)CCCC2)c(F)cc1F. The van der Waals surface area contributed by atoms with Gasteiger partial charge in [-0.25, -0.2) is 13.8 Å². The minimum absolute atomic E-state index is 0.00927. The van der Waals surface area contributed by atoms with Crippen molar-refractivity contribution >= 4 is 11.6 Å². The minimum atomic E-state index is -0.744. The van der Waals surface area contributed by atoms with E-state index in [9.17, 15) is 13.9 Å². The lowest BCUT2D eigenvalue weighted by Crippen LogP contribution is -2.39. The third-order valence-electron chi connectivity index (χ3n) is 3.41. The molecule has 0 atom stereocenters. The van der Waals surface area contributed by atoms with Gasteiger partial charge in [-0.3, -0.25) is 0 Å². The summed E-state index contributed by atoms with van der Waals surface area (Å²) in [5.74, 6) is -1.50. The first-order valence-electron chi connectivity index (χ1n) is 6.03. The lowest BCUT2D eigenvalue weighted by Gasteiger charge is -2.28. The number of aliphatic hydroxyl groups excluding tert-OH is 1. The Bertz CT molecular complexity index is 434. The van der Waals surface area contributed by atoms with Crippen LogP contribution < -0.4 is 10.6 Å². The number of nitrogens with zero attached hydrogens (tertiary/aromatic N) is 1. The van der Waals surface area contributed by atoms with E-state index in [0.29, 0.717) is 0 Å². The predicted molar refractivity (Wildman–Crippen MR) is 65.6 cm³/mol. The molecule has 18 heavy (non-hydrogen) atoms. The molecule has 0 unspecified atom stereocenters. The van der Waals surface area contributed by atoms with E-state index in [1.54, 1.807) is 0 Å². The molecular formula is C12H17F2N3O. The number of halogens is 2. The zero-order valence-electron chi connectivity index (χ0n) is 10.3. The van der Waals surface area contributed by atoms with Crippen LogP contribution in [0, 0.1) is 11.6 Å². The van der Waals surface area contributed by atoms with Gasteiger partial charge in [-0.1, -0.05) is 12.8 Å². The molecule has 0 amide bonds. The molecule has 0 aliphatic heterocycles. The molecule has 1 aliphatic rings. The second-order valence-electron chi connectivity index (χ2n) is 4.67. The zero-order chi connectivity index (χ0) is 13.2. The van der Waals surface area contributed by atoms with Gasteiger partial charge in [0.2, 0.25) is 0 Å². The van der Waals surface area contributed by atoms with Crippen LogP contribution in [0.5, 0.6) is 0 Å². The quantitative estimate of drug-likeness (QED) is 0.773. The van der Waals surface area contributed by atoms with Gasteiger partial charge >= 0.3 is 0 Å². The average Bonchev–Trinajstić information content (AvgIpc) is 2.82. The van der Waals surface area contributed by atoms with Gasteiger partial charge in [0.05, 0.1) is 12.1 Å². The molecule has 0 saturated heterocycles. The zero-order valence-corrected chi connectivity index (χ0v) is 10.3. The maximum Gasteiger partial charge on any atom is 0.168 e. The van der Waals surface area contributed by atoms with Crippen molar-refractivity contribution in [1.82, 2.24) is 4.98 Å². The maximum absolute atomic E-state index is 13.7. The summed E-state index contributed by atoms with van der Waals surface area (Å²) in [6, 6.07) is 0.793. The van der Waals surface area contributed by atoms with Crippen LogP contribution in [0.4, 0.5) is 20.4 Å². The molecule has 0 aromatic carbocycles. The Morgan fingerprint density at radius 1 is 1.28 bits per heavy atom. The van der Waals surface area contributed by atoms with Crippen LogP contribution in [0.25, 0.3) is 0 Å². The van der Waals surface area contributed by atoms with Crippen LogP contribution >= 0.6 is 0 Å². The van der Waals surface area contributed by atoms with Gasteiger partial charge in [-0.15, -0.1) is 0 Å². The van der Waals surface area contributed by atoms with E-state index >= 15 is 0 Å². The maximum atomic E-state index is 13.7. The van der Waals surface area contributed by atoms with Crippen molar-refractivity contribution in [2.75, 3.05) is 24.3 Å². The third kappa shape index (κ3) is 2.38. The molecule has 1 fully saturated rings. The Kier molecular flexibility index (Phi) is 3.65. The normalized spacial score (nSPS) is 17.8. The van der Waals surface area contributed by atoms with Gasteiger partial charge in [0.25, 0.3) is 0 Å². The Hall–Kier alpha value is -1.43. The highest BCUT2D eigenvalue weighted by Crippen LogP contribution is 2.33. The van der Waals surface area contributed by atoms with E-state index in [-0.39, 0.29) is 18.2 Å². The molecule has 0 bridgehead atoms. The van der Waals surface area contributed by atoms with Crippen LogP contribution in [0.2, 0.25) is 0 Å². The van der Waals surface area contributed by atoms with Gasteiger partial charge in [0.1, 0.15) is 0 Å². The monoisotopic (exact) mass is 257 g/mol.